The molecular formula is C32H35N5OS. The summed E-state index contributed by atoms with van der Waals surface area (Å²) < 4.78 is 7.88. The molecule has 0 saturated carbocycles. The SMILES string of the molecule is CCc1ccc(N2C(=S)N[C@H](c3ccccn3)[C@@H]2c2cc(C)n(-c3ccc(N4CCOCC4)cc3)c2C)cc1. The molecule has 4 heterocycles. The van der Waals surface area contributed by atoms with Crippen LogP contribution in [0.4, 0.5) is 11.4 Å². The van der Waals surface area contributed by atoms with Gasteiger partial charge in [0.25, 0.3) is 0 Å². The van der Waals surface area contributed by atoms with Crippen LogP contribution in [0.2, 0.25) is 0 Å². The minimum Gasteiger partial charge on any atom is -0.378 e. The Morgan fingerprint density at radius 2 is 1.62 bits per heavy atom. The second-order valence-electron chi connectivity index (χ2n) is 10.3. The van der Waals surface area contributed by atoms with Crippen LogP contribution >= 0.6 is 12.2 Å². The topological polar surface area (TPSA) is 45.6 Å². The molecule has 0 unspecified atom stereocenters. The summed E-state index contributed by atoms with van der Waals surface area (Å²) in [5, 5.41) is 4.33. The van der Waals surface area contributed by atoms with Crippen LogP contribution in [0, 0.1) is 13.8 Å². The van der Waals surface area contributed by atoms with Crippen molar-refractivity contribution in [2.75, 3.05) is 36.1 Å². The number of benzene rings is 2. The Morgan fingerprint density at radius 3 is 2.28 bits per heavy atom. The number of pyridine rings is 1. The molecule has 2 saturated heterocycles. The first-order chi connectivity index (χ1) is 19.0. The van der Waals surface area contributed by atoms with Gasteiger partial charge in [0.05, 0.1) is 31.0 Å². The van der Waals surface area contributed by atoms with Crippen molar-refractivity contribution in [2.24, 2.45) is 0 Å². The Morgan fingerprint density at radius 1 is 0.923 bits per heavy atom. The summed E-state index contributed by atoms with van der Waals surface area (Å²) in [5.41, 5.74) is 9.44. The van der Waals surface area contributed by atoms with E-state index >= 15 is 0 Å². The maximum absolute atomic E-state index is 5.96. The number of rotatable bonds is 6. The fraction of sp³-hybridized carbons (Fsp3) is 0.312. The van der Waals surface area contributed by atoms with Crippen LogP contribution < -0.4 is 15.1 Å². The number of hydrogen-bond acceptors (Lipinski definition) is 4. The molecule has 0 radical (unpaired) electrons. The lowest BCUT2D eigenvalue weighted by Gasteiger charge is -2.29. The van der Waals surface area contributed by atoms with Gasteiger partial charge in [-0.3, -0.25) is 4.98 Å². The summed E-state index contributed by atoms with van der Waals surface area (Å²) in [5.74, 6) is 0. The molecule has 6 rings (SSSR count). The van der Waals surface area contributed by atoms with E-state index in [0.29, 0.717) is 0 Å². The Kier molecular flexibility index (Phi) is 7.11. The summed E-state index contributed by atoms with van der Waals surface area (Å²) in [6.45, 7) is 10.0. The van der Waals surface area contributed by atoms with E-state index in [1.54, 1.807) is 0 Å². The second kappa shape index (κ2) is 10.8. The molecule has 2 fully saturated rings. The summed E-state index contributed by atoms with van der Waals surface area (Å²) in [4.78, 5) is 9.38. The zero-order chi connectivity index (χ0) is 26.9. The standard InChI is InChI=1S/C32H35N5OS/c1-4-24-8-10-27(11-9-24)37-31(30(34-32(37)39)29-7-5-6-16-33-29)28-21-22(2)36(23(28)3)26-14-12-25(13-15-26)35-17-19-38-20-18-35/h5-16,21,30-31H,4,17-20H2,1-3H3,(H,34,39)/t30-,31+/m1/s1. The van der Waals surface area contributed by atoms with Crippen molar-refractivity contribution in [3.63, 3.8) is 0 Å². The molecule has 4 aromatic rings. The molecule has 2 atom stereocenters. The van der Waals surface area contributed by atoms with Crippen LogP contribution in [0.1, 0.15) is 47.2 Å². The Labute approximate surface area is 236 Å². The van der Waals surface area contributed by atoms with E-state index in [1.165, 1.54) is 28.2 Å². The van der Waals surface area contributed by atoms with Crippen molar-refractivity contribution in [3.8, 4) is 5.69 Å². The van der Waals surface area contributed by atoms with Crippen LogP contribution in [0.25, 0.3) is 5.69 Å². The lowest BCUT2D eigenvalue weighted by atomic mass is 9.96. The van der Waals surface area contributed by atoms with E-state index < -0.39 is 0 Å². The predicted octanol–water partition coefficient (Wildman–Crippen LogP) is 6.07. The van der Waals surface area contributed by atoms with Gasteiger partial charge < -0.3 is 24.4 Å². The predicted molar refractivity (Wildman–Crippen MR) is 162 cm³/mol. The molecule has 2 aliphatic rings. The van der Waals surface area contributed by atoms with Crippen molar-refractivity contribution in [2.45, 2.75) is 39.3 Å². The normalized spacial score (nSPS) is 19.4. The van der Waals surface area contributed by atoms with Gasteiger partial charge in [0.1, 0.15) is 0 Å². The third-order valence-electron chi connectivity index (χ3n) is 7.99. The van der Waals surface area contributed by atoms with Gasteiger partial charge in [-0.05, 0) is 98.2 Å². The molecule has 39 heavy (non-hydrogen) atoms. The van der Waals surface area contributed by atoms with E-state index in [-0.39, 0.29) is 12.1 Å². The molecule has 0 amide bonds. The van der Waals surface area contributed by atoms with Crippen molar-refractivity contribution in [3.05, 3.63) is 107 Å². The van der Waals surface area contributed by atoms with Gasteiger partial charge in [0.2, 0.25) is 0 Å². The smallest absolute Gasteiger partial charge is 0.174 e. The van der Waals surface area contributed by atoms with Gasteiger partial charge >= 0.3 is 0 Å². The molecule has 0 spiro atoms. The van der Waals surface area contributed by atoms with E-state index in [2.05, 4.69) is 101 Å². The molecular weight excluding hydrogens is 502 g/mol. The number of nitrogens with one attached hydrogen (secondary N) is 1. The zero-order valence-corrected chi connectivity index (χ0v) is 23.6. The Hall–Kier alpha value is -3.68. The van der Waals surface area contributed by atoms with Crippen LogP contribution in [0.5, 0.6) is 0 Å². The quantitative estimate of drug-likeness (QED) is 0.302. The maximum Gasteiger partial charge on any atom is 0.174 e. The highest BCUT2D eigenvalue weighted by Gasteiger charge is 2.42. The van der Waals surface area contributed by atoms with E-state index in [0.717, 1.165) is 54.9 Å². The number of nitrogens with zero attached hydrogens (tertiary/aromatic N) is 4. The van der Waals surface area contributed by atoms with Crippen LogP contribution in [0.3, 0.4) is 0 Å². The highest BCUT2D eigenvalue weighted by molar-refractivity contribution is 7.80. The molecule has 2 aromatic heterocycles. The number of anilines is 2. The average Bonchev–Trinajstić information content (AvgIpc) is 3.48. The Bertz CT molecular complexity index is 1440. The maximum atomic E-state index is 5.96. The van der Waals surface area contributed by atoms with Gasteiger partial charge in [-0.25, -0.2) is 0 Å². The molecule has 1 N–H and O–H groups in total. The number of aromatic nitrogens is 2. The summed E-state index contributed by atoms with van der Waals surface area (Å²) >= 11 is 5.96. The molecule has 7 heteroatoms. The number of aryl methyl sites for hydroxylation is 2. The molecule has 2 aliphatic heterocycles. The molecule has 200 valence electrons. The van der Waals surface area contributed by atoms with Crippen LogP contribution in [0.15, 0.2) is 79.0 Å². The van der Waals surface area contributed by atoms with Gasteiger partial charge in [-0.15, -0.1) is 0 Å². The molecule has 6 nitrogen and oxygen atoms in total. The summed E-state index contributed by atoms with van der Waals surface area (Å²) in [6.07, 6.45) is 2.86. The molecule has 0 bridgehead atoms. The van der Waals surface area contributed by atoms with Crippen molar-refractivity contribution >= 4 is 28.7 Å². The molecule has 2 aromatic carbocycles. The summed E-state index contributed by atoms with van der Waals surface area (Å²) in [7, 11) is 0. The number of ether oxygens (including phenoxy) is 1. The minimum atomic E-state index is -0.0674. The molecule has 0 aliphatic carbocycles. The highest BCUT2D eigenvalue weighted by atomic mass is 32.1. The first-order valence-corrected chi connectivity index (χ1v) is 14.2. The van der Waals surface area contributed by atoms with Crippen molar-refractivity contribution < 1.29 is 4.74 Å². The first-order valence-electron chi connectivity index (χ1n) is 13.8. The Balaban J connectivity index is 1.41. The van der Waals surface area contributed by atoms with E-state index in [9.17, 15) is 0 Å². The minimum absolute atomic E-state index is 0.0348. The number of thiocarbonyl (C=S) groups is 1. The van der Waals surface area contributed by atoms with Gasteiger partial charge in [-0.2, -0.15) is 0 Å². The zero-order valence-electron chi connectivity index (χ0n) is 22.8. The lowest BCUT2D eigenvalue weighted by Crippen LogP contribution is -2.36. The van der Waals surface area contributed by atoms with Crippen LogP contribution in [-0.2, 0) is 11.2 Å². The van der Waals surface area contributed by atoms with E-state index in [1.807, 2.05) is 18.3 Å². The second-order valence-corrected chi connectivity index (χ2v) is 10.7. The summed E-state index contributed by atoms with van der Waals surface area (Å²) in [6, 6.07) is 26.0. The average molecular weight is 538 g/mol. The fourth-order valence-corrected chi connectivity index (χ4v) is 6.31. The first kappa shape index (κ1) is 25.6. The van der Waals surface area contributed by atoms with Crippen molar-refractivity contribution in [1.82, 2.24) is 14.9 Å². The van der Waals surface area contributed by atoms with Crippen molar-refractivity contribution in [1.29, 1.82) is 0 Å². The number of morpholine rings is 1. The third-order valence-corrected chi connectivity index (χ3v) is 8.31. The fourth-order valence-electron chi connectivity index (χ4n) is 5.96. The lowest BCUT2D eigenvalue weighted by molar-refractivity contribution is 0.122. The number of hydrogen-bond donors (Lipinski definition) is 1. The van der Waals surface area contributed by atoms with Crippen LogP contribution in [-0.4, -0.2) is 41.0 Å². The monoisotopic (exact) mass is 537 g/mol. The van der Waals surface area contributed by atoms with Gasteiger partial charge in [-0.1, -0.05) is 25.1 Å². The largest absolute Gasteiger partial charge is 0.378 e. The highest BCUT2D eigenvalue weighted by Crippen LogP contribution is 2.43. The third kappa shape index (κ3) is 4.81. The van der Waals surface area contributed by atoms with E-state index in [4.69, 9.17) is 21.9 Å². The van der Waals surface area contributed by atoms with Gasteiger partial charge in [0, 0.05) is 47.7 Å². The van der Waals surface area contributed by atoms with Gasteiger partial charge in [0.15, 0.2) is 5.11 Å².